The predicted molar refractivity (Wildman–Crippen MR) is 127 cm³/mol. The molecule has 4 rings (SSSR count). The lowest BCUT2D eigenvalue weighted by Gasteiger charge is -2.12. The molecule has 0 saturated carbocycles. The Bertz CT molecular complexity index is 1190. The zero-order chi connectivity index (χ0) is 21.8. The SMILES string of the molecule is O=C1/C(=C/c2ccc(Br)cc2)S/C(=N/N=C\c2cc(Cl)ccc2O)N1Cc1ccco1. The van der Waals surface area contributed by atoms with Crippen LogP contribution in [0.25, 0.3) is 6.08 Å². The summed E-state index contributed by atoms with van der Waals surface area (Å²) in [5.41, 5.74) is 1.32. The topological polar surface area (TPSA) is 78.4 Å². The zero-order valence-corrected chi connectivity index (χ0v) is 19.1. The van der Waals surface area contributed by atoms with E-state index in [0.29, 0.717) is 26.4 Å². The molecule has 1 aliphatic heterocycles. The van der Waals surface area contributed by atoms with E-state index < -0.39 is 0 Å². The third-order valence-corrected chi connectivity index (χ3v) is 6.04. The van der Waals surface area contributed by atoms with Crippen molar-refractivity contribution in [1.29, 1.82) is 0 Å². The number of amidine groups is 1. The molecule has 1 fully saturated rings. The maximum Gasteiger partial charge on any atom is 0.267 e. The monoisotopic (exact) mass is 515 g/mol. The number of phenolic OH excluding ortho intramolecular Hbond substituents is 1. The second kappa shape index (κ2) is 9.55. The Balaban J connectivity index is 1.63. The summed E-state index contributed by atoms with van der Waals surface area (Å²) in [6.07, 6.45) is 4.75. The van der Waals surface area contributed by atoms with Gasteiger partial charge in [-0.2, -0.15) is 5.10 Å². The summed E-state index contributed by atoms with van der Waals surface area (Å²) in [5, 5.41) is 19.1. The number of thioether (sulfide) groups is 1. The molecule has 1 saturated heterocycles. The maximum atomic E-state index is 13.0. The number of nitrogens with zero attached hydrogens (tertiary/aromatic N) is 3. The van der Waals surface area contributed by atoms with Crippen molar-refractivity contribution in [2.24, 2.45) is 10.2 Å². The largest absolute Gasteiger partial charge is 0.507 e. The van der Waals surface area contributed by atoms with Gasteiger partial charge in [0.2, 0.25) is 0 Å². The molecular weight excluding hydrogens is 502 g/mol. The number of halogens is 2. The standard InChI is InChI=1S/C22H15BrClN3O3S/c23-16-5-3-14(4-6-16)10-20-21(29)27(13-18-2-1-9-30-18)22(31-20)26-25-12-15-11-17(24)7-8-19(15)28/h1-12,28H,13H2/b20-10-,25-12-,26-22+. The second-order valence-corrected chi connectivity index (χ2v) is 8.82. The molecule has 1 aliphatic rings. The number of phenols is 1. The molecule has 0 unspecified atom stereocenters. The summed E-state index contributed by atoms with van der Waals surface area (Å²) in [7, 11) is 0. The van der Waals surface area contributed by atoms with E-state index in [1.54, 1.807) is 30.5 Å². The van der Waals surface area contributed by atoms with E-state index in [9.17, 15) is 9.90 Å². The van der Waals surface area contributed by atoms with Gasteiger partial charge in [0.25, 0.3) is 5.91 Å². The van der Waals surface area contributed by atoms with Gasteiger partial charge in [-0.3, -0.25) is 9.69 Å². The van der Waals surface area contributed by atoms with Crippen LogP contribution in [-0.4, -0.2) is 27.3 Å². The van der Waals surface area contributed by atoms with Gasteiger partial charge in [-0.1, -0.05) is 39.7 Å². The summed E-state index contributed by atoms with van der Waals surface area (Å²) < 4.78 is 6.35. The molecule has 2 heterocycles. The van der Waals surface area contributed by atoms with Crippen LogP contribution in [-0.2, 0) is 11.3 Å². The van der Waals surface area contributed by atoms with Crippen molar-refractivity contribution in [1.82, 2.24) is 4.90 Å². The number of rotatable bonds is 5. The van der Waals surface area contributed by atoms with Gasteiger partial charge in [0.05, 0.1) is 23.9 Å². The summed E-state index contributed by atoms with van der Waals surface area (Å²) in [5.74, 6) is 0.471. The first-order valence-electron chi connectivity index (χ1n) is 9.08. The molecule has 0 spiro atoms. The fraction of sp³-hybridized carbons (Fsp3) is 0.0455. The maximum absolute atomic E-state index is 13.0. The Kier molecular flexibility index (Phi) is 6.60. The molecule has 0 radical (unpaired) electrons. The lowest BCUT2D eigenvalue weighted by Crippen LogP contribution is -2.28. The van der Waals surface area contributed by atoms with Gasteiger partial charge in [-0.25, -0.2) is 0 Å². The quantitative estimate of drug-likeness (QED) is 0.260. The van der Waals surface area contributed by atoms with E-state index in [2.05, 4.69) is 26.1 Å². The summed E-state index contributed by atoms with van der Waals surface area (Å²) in [4.78, 5) is 15.1. The molecule has 1 N–H and O–H groups in total. The van der Waals surface area contributed by atoms with Crippen LogP contribution in [0.1, 0.15) is 16.9 Å². The van der Waals surface area contributed by atoms with Crippen molar-refractivity contribution in [3.63, 3.8) is 0 Å². The van der Waals surface area contributed by atoms with Crippen molar-refractivity contribution in [3.8, 4) is 5.75 Å². The normalized spacial score (nSPS) is 16.8. The van der Waals surface area contributed by atoms with Crippen LogP contribution < -0.4 is 0 Å². The van der Waals surface area contributed by atoms with E-state index in [4.69, 9.17) is 16.0 Å². The average Bonchev–Trinajstić information content (AvgIpc) is 3.36. The lowest BCUT2D eigenvalue weighted by atomic mass is 10.2. The Hall–Kier alpha value is -2.81. The summed E-state index contributed by atoms with van der Waals surface area (Å²) in [6.45, 7) is 0.229. The van der Waals surface area contributed by atoms with Crippen LogP contribution in [0.5, 0.6) is 5.75 Å². The van der Waals surface area contributed by atoms with Gasteiger partial charge in [0.1, 0.15) is 11.5 Å². The molecule has 6 nitrogen and oxygen atoms in total. The van der Waals surface area contributed by atoms with Crippen LogP contribution in [0.2, 0.25) is 5.02 Å². The number of carbonyl (C=O) groups excluding carboxylic acids is 1. The minimum atomic E-state index is -0.191. The molecule has 1 amide bonds. The van der Waals surface area contributed by atoms with Crippen molar-refractivity contribution in [3.05, 3.63) is 92.1 Å². The van der Waals surface area contributed by atoms with Crippen LogP contribution in [0.3, 0.4) is 0 Å². The first-order valence-corrected chi connectivity index (χ1v) is 11.1. The van der Waals surface area contributed by atoms with Gasteiger partial charge >= 0.3 is 0 Å². The number of aromatic hydroxyl groups is 1. The number of hydrogen-bond acceptors (Lipinski definition) is 6. The number of carbonyl (C=O) groups is 1. The van der Waals surface area contributed by atoms with Crippen LogP contribution in [0, 0.1) is 0 Å². The van der Waals surface area contributed by atoms with E-state index >= 15 is 0 Å². The minimum absolute atomic E-state index is 0.0340. The molecule has 31 heavy (non-hydrogen) atoms. The first kappa shape index (κ1) is 21.4. The highest BCUT2D eigenvalue weighted by molar-refractivity contribution is 9.10. The molecule has 9 heteroatoms. The number of hydrogen-bond donors (Lipinski definition) is 1. The smallest absolute Gasteiger partial charge is 0.267 e. The highest BCUT2D eigenvalue weighted by atomic mass is 79.9. The molecule has 0 aliphatic carbocycles. The van der Waals surface area contributed by atoms with Gasteiger partial charge in [0, 0.05) is 15.1 Å². The number of benzene rings is 2. The summed E-state index contributed by atoms with van der Waals surface area (Å²) in [6, 6.07) is 15.8. The van der Waals surface area contributed by atoms with Crippen LogP contribution >= 0.6 is 39.3 Å². The van der Waals surface area contributed by atoms with Crippen molar-refractivity contribution in [2.75, 3.05) is 0 Å². The molecule has 0 bridgehead atoms. The highest BCUT2D eigenvalue weighted by Gasteiger charge is 2.34. The van der Waals surface area contributed by atoms with Crippen molar-refractivity contribution >= 4 is 62.7 Å². The summed E-state index contributed by atoms with van der Waals surface area (Å²) >= 11 is 10.6. The Morgan fingerprint density at radius 3 is 2.74 bits per heavy atom. The fourth-order valence-corrected chi connectivity index (χ4v) is 4.14. The lowest BCUT2D eigenvalue weighted by molar-refractivity contribution is -0.122. The van der Waals surface area contributed by atoms with Gasteiger partial charge in [0.15, 0.2) is 5.17 Å². The Labute approximate surface area is 196 Å². The van der Waals surface area contributed by atoms with Crippen LogP contribution in [0.4, 0.5) is 0 Å². The highest BCUT2D eigenvalue weighted by Crippen LogP contribution is 2.34. The molecular formula is C22H15BrClN3O3S. The molecule has 3 aromatic rings. The van der Waals surface area contributed by atoms with Gasteiger partial charge < -0.3 is 9.52 Å². The van der Waals surface area contributed by atoms with Crippen molar-refractivity contribution < 1.29 is 14.3 Å². The first-order chi connectivity index (χ1) is 15.0. The van der Waals surface area contributed by atoms with Gasteiger partial charge in [-0.05, 0) is 65.9 Å². The Morgan fingerprint density at radius 1 is 1.19 bits per heavy atom. The van der Waals surface area contributed by atoms with E-state index in [1.807, 2.05) is 30.3 Å². The Morgan fingerprint density at radius 2 is 2.00 bits per heavy atom. The molecule has 2 aromatic carbocycles. The molecule has 156 valence electrons. The number of furan rings is 1. The minimum Gasteiger partial charge on any atom is -0.507 e. The zero-order valence-electron chi connectivity index (χ0n) is 15.9. The second-order valence-electron chi connectivity index (χ2n) is 6.46. The molecule has 0 atom stereocenters. The van der Waals surface area contributed by atoms with E-state index in [0.717, 1.165) is 10.0 Å². The average molecular weight is 517 g/mol. The predicted octanol–water partition coefficient (Wildman–Crippen LogP) is 5.91. The van der Waals surface area contributed by atoms with Gasteiger partial charge in [-0.15, -0.1) is 5.10 Å². The third-order valence-electron chi connectivity index (χ3n) is 4.28. The third kappa shape index (κ3) is 5.28. The molecule has 1 aromatic heterocycles. The van der Waals surface area contributed by atoms with Crippen LogP contribution in [0.15, 0.2) is 84.9 Å². The van der Waals surface area contributed by atoms with E-state index in [-0.39, 0.29) is 18.2 Å². The van der Waals surface area contributed by atoms with E-state index in [1.165, 1.54) is 28.9 Å². The number of amides is 1. The van der Waals surface area contributed by atoms with Crippen molar-refractivity contribution in [2.45, 2.75) is 6.54 Å². The fourth-order valence-electron chi connectivity index (χ4n) is 2.76.